The first-order chi connectivity index (χ1) is 30.9. The largest absolute Gasteiger partial charge is 0.497 e. The fraction of sp³-hybridized carbons (Fsp3) is 0.173. The van der Waals surface area contributed by atoms with Gasteiger partial charge in [0.2, 0.25) is 0 Å². The van der Waals surface area contributed by atoms with E-state index < -0.39 is 41.8 Å². The normalized spacial score (nSPS) is 17.6. The highest BCUT2D eigenvalue weighted by Crippen LogP contribution is 2.49. The van der Waals surface area contributed by atoms with Gasteiger partial charge in [-0.2, -0.15) is 14.4 Å². The zero-order chi connectivity index (χ0) is 43.4. The van der Waals surface area contributed by atoms with Crippen LogP contribution in [0.4, 0.5) is 10.2 Å². The number of ether oxygens (including phenoxy) is 4. The van der Waals surface area contributed by atoms with E-state index in [0.29, 0.717) is 11.5 Å². The number of aliphatic hydroxyl groups is 1. The van der Waals surface area contributed by atoms with Gasteiger partial charge >= 0.3 is 6.08 Å². The van der Waals surface area contributed by atoms with E-state index in [1.807, 2.05) is 170 Å². The molecule has 1 aliphatic heterocycles. The van der Waals surface area contributed by atoms with Crippen LogP contribution < -0.4 is 14.8 Å². The molecular formula is C52H44FN5O5. The van der Waals surface area contributed by atoms with E-state index in [2.05, 4.69) is 21.2 Å². The molecule has 0 aliphatic carbocycles. The molecule has 0 bridgehead atoms. The lowest BCUT2D eigenvalue weighted by atomic mass is 9.77. The molecule has 0 spiro atoms. The van der Waals surface area contributed by atoms with E-state index >= 15 is 4.39 Å². The van der Waals surface area contributed by atoms with Gasteiger partial charge in [-0.3, -0.25) is 4.57 Å². The Morgan fingerprint density at radius 3 is 1.65 bits per heavy atom. The van der Waals surface area contributed by atoms with Crippen LogP contribution in [0.3, 0.4) is 0 Å². The molecule has 11 heteroatoms. The van der Waals surface area contributed by atoms with Gasteiger partial charge in [0.1, 0.15) is 35.0 Å². The maximum Gasteiger partial charge on any atom is 0.312 e. The molecule has 0 unspecified atom stereocenters. The van der Waals surface area contributed by atoms with Crippen molar-refractivity contribution in [3.63, 3.8) is 0 Å². The third-order valence-electron chi connectivity index (χ3n) is 11.9. The van der Waals surface area contributed by atoms with Crippen LogP contribution in [0, 0.1) is 18.4 Å². The number of aliphatic hydroxyl groups excluding tert-OH is 1. The maximum atomic E-state index is 16.1. The van der Waals surface area contributed by atoms with Gasteiger partial charge < -0.3 is 29.4 Å². The molecule has 3 heterocycles. The molecule has 6 aromatic carbocycles. The summed E-state index contributed by atoms with van der Waals surface area (Å²) in [5.74, 6) is 4.25. The fourth-order valence-electron chi connectivity index (χ4n) is 8.75. The molecule has 314 valence electrons. The molecule has 8 aromatic rings. The number of anilines is 1. The zero-order valence-electron chi connectivity index (χ0n) is 34.6. The second-order valence-electron chi connectivity index (χ2n) is 15.2. The topological polar surface area (TPSA) is 113 Å². The Bertz CT molecular complexity index is 2760. The Kier molecular flexibility index (Phi) is 11.2. The second-order valence-corrected chi connectivity index (χ2v) is 15.2. The van der Waals surface area contributed by atoms with E-state index in [4.69, 9.17) is 30.4 Å². The zero-order valence-corrected chi connectivity index (χ0v) is 34.6. The molecule has 0 radical (unpaired) electrons. The lowest BCUT2D eigenvalue weighted by Crippen LogP contribution is -2.48. The lowest BCUT2D eigenvalue weighted by Gasteiger charge is -2.40. The minimum absolute atomic E-state index is 0.131. The average molecular weight is 838 g/mol. The summed E-state index contributed by atoms with van der Waals surface area (Å²) < 4.78 is 42.8. The van der Waals surface area contributed by atoms with Crippen molar-refractivity contribution in [2.24, 2.45) is 0 Å². The summed E-state index contributed by atoms with van der Waals surface area (Å²) >= 11 is 0. The summed E-state index contributed by atoms with van der Waals surface area (Å²) in [5.41, 5.74) is 1.48. The number of fused-ring (bicyclic) bond motifs is 1. The predicted octanol–water partition coefficient (Wildman–Crippen LogP) is 9.05. The highest BCUT2D eigenvalue weighted by atomic mass is 19.1. The molecule has 63 heavy (non-hydrogen) atoms. The van der Waals surface area contributed by atoms with Crippen LogP contribution >= 0.6 is 0 Å². The number of nitrogens with zero attached hydrogens (tertiary/aromatic N) is 4. The predicted molar refractivity (Wildman–Crippen MR) is 239 cm³/mol. The van der Waals surface area contributed by atoms with Gasteiger partial charge in [-0.05, 0) is 57.6 Å². The van der Waals surface area contributed by atoms with Gasteiger partial charge in [0, 0.05) is 6.42 Å². The van der Waals surface area contributed by atoms with Crippen LogP contribution in [-0.4, -0.2) is 57.2 Å². The van der Waals surface area contributed by atoms with Gasteiger partial charge in [-0.1, -0.05) is 152 Å². The molecule has 3 atom stereocenters. The summed E-state index contributed by atoms with van der Waals surface area (Å²) in [6.45, 7) is -0.575. The quantitative estimate of drug-likeness (QED) is 0.0630. The van der Waals surface area contributed by atoms with Crippen LogP contribution in [0.1, 0.15) is 46.0 Å². The number of halogens is 1. The van der Waals surface area contributed by atoms with E-state index in [-0.39, 0.29) is 23.4 Å². The average Bonchev–Trinajstić information content (AvgIpc) is 3.95. The molecule has 9 rings (SSSR count). The minimum atomic E-state index is -1.64. The number of nitrogens with one attached hydrogen (secondary N) is 1. The fourth-order valence-corrected chi connectivity index (χ4v) is 8.75. The van der Waals surface area contributed by atoms with Gasteiger partial charge in [0.25, 0.3) is 0 Å². The van der Waals surface area contributed by atoms with Crippen molar-refractivity contribution < 1.29 is 28.4 Å². The molecule has 2 N–H and O–H groups in total. The third-order valence-corrected chi connectivity index (χ3v) is 11.9. The van der Waals surface area contributed by atoms with E-state index in [9.17, 15) is 5.11 Å². The number of hydrogen-bond donors (Lipinski definition) is 2. The van der Waals surface area contributed by atoms with Gasteiger partial charge in [0.15, 0.2) is 22.6 Å². The van der Waals surface area contributed by atoms with Crippen LogP contribution in [0.2, 0.25) is 0 Å². The molecule has 0 amide bonds. The number of terminal acetylenes is 1. The smallest absolute Gasteiger partial charge is 0.312 e. The van der Waals surface area contributed by atoms with Crippen LogP contribution in [0.25, 0.3) is 11.2 Å². The van der Waals surface area contributed by atoms with Crippen LogP contribution in [0.15, 0.2) is 176 Å². The standard InChI is InChI=1S/C52H44FN5O5/c1-4-50(34-59)44(62-52(39-21-13-7-14-22-39,40-23-15-8-16-24-40)41-27-31-43(61-3)32-28-41)33-45(63-50)58-35-54-46-47(55-49(53)56-48(46)58)57-51(36-17-9-5-10-18-36,37-19-11-6-12-20-37)38-25-29-42(60-2)30-26-38/h1,5-32,35,44-45,59H,33-34H2,2-3H3,(H,55,56,57)/t44-,45+,50+/m0/s1. The Morgan fingerprint density at radius 2 is 1.17 bits per heavy atom. The maximum absolute atomic E-state index is 16.1. The van der Waals surface area contributed by atoms with Crippen LogP contribution in [-0.2, 0) is 20.6 Å². The Morgan fingerprint density at radius 1 is 0.714 bits per heavy atom. The van der Waals surface area contributed by atoms with Crippen LogP contribution in [0.5, 0.6) is 11.5 Å². The lowest BCUT2D eigenvalue weighted by molar-refractivity contribution is -0.133. The molecule has 10 nitrogen and oxygen atoms in total. The molecule has 1 saturated heterocycles. The van der Waals surface area contributed by atoms with Crippen molar-refractivity contribution in [2.45, 2.75) is 35.5 Å². The Labute approximate surface area is 365 Å². The van der Waals surface area contributed by atoms with Crippen molar-refractivity contribution in [1.29, 1.82) is 0 Å². The number of hydrogen-bond acceptors (Lipinski definition) is 9. The number of rotatable bonds is 14. The summed E-state index contributed by atoms with van der Waals surface area (Å²) in [4.78, 5) is 13.4. The van der Waals surface area contributed by atoms with Gasteiger partial charge in [0.05, 0.1) is 27.2 Å². The molecule has 1 fully saturated rings. The summed E-state index contributed by atoms with van der Waals surface area (Å²) in [6.07, 6.45) is 5.17. The van der Waals surface area contributed by atoms with Crippen molar-refractivity contribution in [3.05, 3.63) is 216 Å². The van der Waals surface area contributed by atoms with E-state index in [1.165, 1.54) is 6.33 Å². The first-order valence-corrected chi connectivity index (χ1v) is 20.5. The first kappa shape index (κ1) is 41.0. The van der Waals surface area contributed by atoms with Gasteiger partial charge in [-0.25, -0.2) is 4.98 Å². The SMILES string of the molecule is C#C[C@]1(CO)O[C@@H](n2cnc3c(NC(c4ccccc4)(c4ccccc4)c4ccc(OC)cc4)nc(F)nc32)C[C@@H]1OC(c1ccccc1)(c1ccccc1)c1ccc(OC)cc1. The number of imidazole rings is 1. The second kappa shape index (κ2) is 17.2. The highest BCUT2D eigenvalue weighted by Gasteiger charge is 2.54. The summed E-state index contributed by atoms with van der Waals surface area (Å²) in [5, 5.41) is 14.8. The third kappa shape index (κ3) is 7.24. The Hall–Kier alpha value is -7.36. The van der Waals surface area contributed by atoms with Crippen molar-refractivity contribution in [1.82, 2.24) is 19.5 Å². The monoisotopic (exact) mass is 837 g/mol. The molecule has 1 aliphatic rings. The molecule has 0 saturated carbocycles. The number of methoxy groups -OCH3 is 2. The van der Waals surface area contributed by atoms with Crippen molar-refractivity contribution >= 4 is 17.0 Å². The van der Waals surface area contributed by atoms with Crippen molar-refractivity contribution in [2.75, 3.05) is 26.1 Å². The van der Waals surface area contributed by atoms with E-state index in [1.54, 1.807) is 18.8 Å². The van der Waals surface area contributed by atoms with Gasteiger partial charge in [-0.15, -0.1) is 6.42 Å². The highest BCUT2D eigenvalue weighted by molar-refractivity contribution is 5.84. The molecular weight excluding hydrogens is 794 g/mol. The van der Waals surface area contributed by atoms with E-state index in [0.717, 1.165) is 33.4 Å². The number of benzene rings is 6. The van der Waals surface area contributed by atoms with Crippen molar-refractivity contribution in [3.8, 4) is 23.8 Å². The first-order valence-electron chi connectivity index (χ1n) is 20.5. The summed E-state index contributed by atoms with van der Waals surface area (Å²) in [7, 11) is 3.23. The minimum Gasteiger partial charge on any atom is -0.497 e. The summed E-state index contributed by atoms with van der Waals surface area (Å²) in [6, 6.07) is 54.8. The Balaban J connectivity index is 1.16. The molecule has 2 aromatic heterocycles. The number of aromatic nitrogens is 4.